The number of nitrogens with zero attached hydrogens (tertiary/aromatic N) is 2. The van der Waals surface area contributed by atoms with Crippen molar-refractivity contribution < 1.29 is 13.2 Å². The average molecular weight is 392 g/mol. The Kier molecular flexibility index (Phi) is 5.53. The number of hydrogen-bond acceptors (Lipinski definition) is 4. The van der Waals surface area contributed by atoms with Gasteiger partial charge in [0.2, 0.25) is 15.9 Å². The molecular formula is C20H29N3O3S. The lowest BCUT2D eigenvalue weighted by atomic mass is 9.92. The summed E-state index contributed by atoms with van der Waals surface area (Å²) in [4.78, 5) is 15.5. The molecule has 7 heteroatoms. The molecule has 4 rings (SSSR count). The highest BCUT2D eigenvalue weighted by Gasteiger charge is 2.40. The fourth-order valence-corrected chi connectivity index (χ4v) is 6.49. The molecule has 0 aliphatic carbocycles. The van der Waals surface area contributed by atoms with Crippen LogP contribution >= 0.6 is 0 Å². The molecule has 0 radical (unpaired) electrons. The summed E-state index contributed by atoms with van der Waals surface area (Å²) in [6.07, 6.45) is 4.37. The van der Waals surface area contributed by atoms with Gasteiger partial charge in [0.25, 0.3) is 0 Å². The van der Waals surface area contributed by atoms with Crippen LogP contribution in [0.4, 0.5) is 0 Å². The Morgan fingerprint density at radius 1 is 0.926 bits per heavy atom. The second kappa shape index (κ2) is 7.89. The Morgan fingerprint density at radius 3 is 2.26 bits per heavy atom. The third-order valence-corrected chi connectivity index (χ3v) is 8.34. The van der Waals surface area contributed by atoms with Crippen molar-refractivity contribution in [3.8, 4) is 0 Å². The average Bonchev–Trinajstić information content (AvgIpc) is 3.06. The van der Waals surface area contributed by atoms with Gasteiger partial charge in [-0.3, -0.25) is 4.79 Å². The van der Waals surface area contributed by atoms with Gasteiger partial charge in [-0.15, -0.1) is 0 Å². The van der Waals surface area contributed by atoms with E-state index in [2.05, 4.69) is 5.32 Å². The highest BCUT2D eigenvalue weighted by atomic mass is 32.2. The van der Waals surface area contributed by atoms with Gasteiger partial charge in [-0.2, -0.15) is 4.31 Å². The lowest BCUT2D eigenvalue weighted by Gasteiger charge is -2.36. The molecular weight excluding hydrogens is 362 g/mol. The maximum atomic E-state index is 13.3. The molecule has 0 bridgehead atoms. The SMILES string of the molecule is O=C(C1CCCCN1S(=O)(=O)c1ccccc1)N1CC[C@@H]2CNC[C@@H]2CC1. The molecule has 0 spiro atoms. The van der Waals surface area contributed by atoms with E-state index in [1.54, 1.807) is 30.3 Å². The smallest absolute Gasteiger partial charge is 0.243 e. The number of fused-ring (bicyclic) bond motifs is 1. The summed E-state index contributed by atoms with van der Waals surface area (Å²) in [6, 6.07) is 7.95. The molecule has 3 fully saturated rings. The highest BCUT2D eigenvalue weighted by molar-refractivity contribution is 7.89. The van der Waals surface area contributed by atoms with Gasteiger partial charge in [-0.05, 0) is 62.7 Å². The largest absolute Gasteiger partial charge is 0.341 e. The lowest BCUT2D eigenvalue weighted by molar-refractivity contribution is -0.136. The van der Waals surface area contributed by atoms with E-state index < -0.39 is 16.1 Å². The number of sulfonamides is 1. The highest BCUT2D eigenvalue weighted by Crippen LogP contribution is 2.30. The van der Waals surface area contributed by atoms with Crippen LogP contribution in [0, 0.1) is 11.8 Å². The van der Waals surface area contributed by atoms with Crippen molar-refractivity contribution in [1.82, 2.24) is 14.5 Å². The van der Waals surface area contributed by atoms with Crippen LogP contribution in [0.2, 0.25) is 0 Å². The summed E-state index contributed by atoms with van der Waals surface area (Å²) >= 11 is 0. The van der Waals surface area contributed by atoms with E-state index in [0.717, 1.165) is 51.9 Å². The maximum Gasteiger partial charge on any atom is 0.243 e. The van der Waals surface area contributed by atoms with E-state index in [1.165, 1.54) is 4.31 Å². The molecule has 0 aromatic heterocycles. The van der Waals surface area contributed by atoms with E-state index in [-0.39, 0.29) is 10.8 Å². The van der Waals surface area contributed by atoms with Crippen LogP contribution < -0.4 is 5.32 Å². The normalized spacial score (nSPS) is 29.9. The van der Waals surface area contributed by atoms with Crippen LogP contribution in [-0.2, 0) is 14.8 Å². The Labute approximate surface area is 162 Å². The first-order valence-corrected chi connectivity index (χ1v) is 11.6. The summed E-state index contributed by atoms with van der Waals surface area (Å²) in [6.45, 7) is 4.01. The molecule has 3 aliphatic rings. The van der Waals surface area contributed by atoms with Crippen LogP contribution in [0.5, 0.6) is 0 Å². The topological polar surface area (TPSA) is 69.7 Å². The fourth-order valence-electron chi connectivity index (χ4n) is 4.82. The molecule has 0 saturated carbocycles. The molecule has 1 aromatic rings. The number of piperidine rings is 1. The van der Waals surface area contributed by atoms with Crippen molar-refractivity contribution in [2.45, 2.75) is 43.0 Å². The van der Waals surface area contributed by atoms with Gasteiger partial charge in [0.05, 0.1) is 4.90 Å². The number of rotatable bonds is 3. The number of carbonyl (C=O) groups excluding carboxylic acids is 1. The minimum Gasteiger partial charge on any atom is -0.341 e. The zero-order chi connectivity index (χ0) is 18.9. The van der Waals surface area contributed by atoms with Crippen LogP contribution in [-0.4, -0.2) is 62.3 Å². The van der Waals surface area contributed by atoms with Gasteiger partial charge < -0.3 is 10.2 Å². The molecule has 3 saturated heterocycles. The number of nitrogens with one attached hydrogen (secondary N) is 1. The summed E-state index contributed by atoms with van der Waals surface area (Å²) in [5.41, 5.74) is 0. The Bertz CT molecular complexity index is 754. The third-order valence-electron chi connectivity index (χ3n) is 6.42. The van der Waals surface area contributed by atoms with Gasteiger partial charge in [0, 0.05) is 19.6 Å². The van der Waals surface area contributed by atoms with Gasteiger partial charge in [0.1, 0.15) is 6.04 Å². The Balaban J connectivity index is 1.53. The Hall–Kier alpha value is -1.44. The third kappa shape index (κ3) is 3.77. The molecule has 1 amide bonds. The molecule has 6 nitrogen and oxygen atoms in total. The second-order valence-electron chi connectivity index (χ2n) is 8.02. The van der Waals surface area contributed by atoms with E-state index in [0.29, 0.717) is 24.8 Å². The van der Waals surface area contributed by atoms with Crippen molar-refractivity contribution in [2.75, 3.05) is 32.7 Å². The van der Waals surface area contributed by atoms with Gasteiger partial charge in [-0.25, -0.2) is 8.42 Å². The van der Waals surface area contributed by atoms with Crippen LogP contribution in [0.1, 0.15) is 32.1 Å². The van der Waals surface area contributed by atoms with Crippen molar-refractivity contribution in [2.24, 2.45) is 11.8 Å². The predicted octanol–water partition coefficient (Wildman–Crippen LogP) is 1.69. The molecule has 27 heavy (non-hydrogen) atoms. The quantitative estimate of drug-likeness (QED) is 0.851. The number of carbonyl (C=O) groups is 1. The summed E-state index contributed by atoms with van der Waals surface area (Å²) in [7, 11) is -3.64. The second-order valence-corrected chi connectivity index (χ2v) is 9.91. The lowest BCUT2D eigenvalue weighted by Crippen LogP contribution is -2.53. The van der Waals surface area contributed by atoms with Crippen molar-refractivity contribution in [3.63, 3.8) is 0 Å². The van der Waals surface area contributed by atoms with Gasteiger partial charge in [0.15, 0.2) is 0 Å². The number of amides is 1. The summed E-state index contributed by atoms with van der Waals surface area (Å²) in [5, 5.41) is 3.45. The van der Waals surface area contributed by atoms with Gasteiger partial charge in [-0.1, -0.05) is 24.6 Å². The molecule has 3 aliphatic heterocycles. The molecule has 1 unspecified atom stereocenters. The number of benzene rings is 1. The number of hydrogen-bond donors (Lipinski definition) is 1. The summed E-state index contributed by atoms with van der Waals surface area (Å²) in [5.74, 6) is 1.30. The predicted molar refractivity (Wildman–Crippen MR) is 104 cm³/mol. The zero-order valence-corrected chi connectivity index (χ0v) is 16.5. The van der Waals surface area contributed by atoms with Crippen molar-refractivity contribution >= 4 is 15.9 Å². The van der Waals surface area contributed by atoms with E-state index >= 15 is 0 Å². The van der Waals surface area contributed by atoms with Crippen LogP contribution in [0.25, 0.3) is 0 Å². The first-order valence-electron chi connectivity index (χ1n) is 10.1. The minimum absolute atomic E-state index is 0.00198. The van der Waals surface area contributed by atoms with E-state index in [4.69, 9.17) is 0 Å². The fraction of sp³-hybridized carbons (Fsp3) is 0.650. The van der Waals surface area contributed by atoms with Crippen LogP contribution in [0.15, 0.2) is 35.2 Å². The van der Waals surface area contributed by atoms with Gasteiger partial charge >= 0.3 is 0 Å². The van der Waals surface area contributed by atoms with Crippen molar-refractivity contribution in [1.29, 1.82) is 0 Å². The first kappa shape index (κ1) is 18.9. The minimum atomic E-state index is -3.64. The van der Waals surface area contributed by atoms with Crippen molar-refractivity contribution in [3.05, 3.63) is 30.3 Å². The molecule has 1 N–H and O–H groups in total. The standard InChI is InChI=1S/C20H29N3O3S/c24-20(22-12-9-16-14-21-15-17(16)10-13-22)19-8-4-5-11-23(19)27(25,26)18-6-2-1-3-7-18/h1-3,6-7,16-17,19,21H,4-5,8-15H2/t16-,17+,19?. The molecule has 148 valence electrons. The molecule has 1 aromatic carbocycles. The first-order chi connectivity index (χ1) is 13.1. The zero-order valence-electron chi connectivity index (χ0n) is 15.7. The number of likely N-dealkylation sites (tertiary alicyclic amines) is 1. The maximum absolute atomic E-state index is 13.3. The Morgan fingerprint density at radius 2 is 1.59 bits per heavy atom. The van der Waals surface area contributed by atoms with E-state index in [9.17, 15) is 13.2 Å². The summed E-state index contributed by atoms with van der Waals surface area (Å²) < 4.78 is 27.8. The molecule has 3 atom stereocenters. The monoisotopic (exact) mass is 391 g/mol. The van der Waals surface area contributed by atoms with E-state index in [1.807, 2.05) is 4.90 Å². The molecule has 3 heterocycles. The van der Waals surface area contributed by atoms with Crippen LogP contribution in [0.3, 0.4) is 0 Å².